The van der Waals surface area contributed by atoms with E-state index in [-0.39, 0.29) is 11.3 Å². The number of benzene rings is 1. The minimum atomic E-state index is -1.13. The minimum absolute atomic E-state index is 0.137. The van der Waals surface area contributed by atoms with Gasteiger partial charge in [-0.3, -0.25) is 14.4 Å². The molecule has 1 aromatic carbocycles. The maximum Gasteiger partial charge on any atom is 0.322 e. The number of H-pyrrole nitrogens is 1. The molecule has 9 heteroatoms. The highest BCUT2D eigenvalue weighted by Crippen LogP contribution is 2.10. The van der Waals surface area contributed by atoms with Crippen LogP contribution in [-0.4, -0.2) is 44.8 Å². The van der Waals surface area contributed by atoms with Crippen molar-refractivity contribution in [2.45, 2.75) is 0 Å². The average Bonchev–Trinajstić information content (AvgIpc) is 3.00. The lowest BCUT2D eigenvalue weighted by atomic mass is 10.2. The standard InChI is InChI=1S/C12H11N5O4/c18-10(19)6-13-11(20)7-1-3-8(4-2-7)15-12(21)9-5-14-17-16-9/h1-5H,6H2,(H,13,20)(H,15,21)(H,18,19)(H,14,16,17). The zero-order chi connectivity index (χ0) is 15.2. The fourth-order valence-electron chi connectivity index (χ4n) is 1.47. The van der Waals surface area contributed by atoms with Gasteiger partial charge in [-0.1, -0.05) is 0 Å². The van der Waals surface area contributed by atoms with Crippen molar-refractivity contribution in [2.24, 2.45) is 0 Å². The molecule has 0 saturated heterocycles. The summed E-state index contributed by atoms with van der Waals surface area (Å²) < 4.78 is 0. The molecule has 2 rings (SSSR count). The van der Waals surface area contributed by atoms with E-state index in [1.807, 2.05) is 0 Å². The number of carbonyl (C=O) groups excluding carboxylic acids is 2. The van der Waals surface area contributed by atoms with Crippen LogP contribution in [0.3, 0.4) is 0 Å². The van der Waals surface area contributed by atoms with Crippen molar-refractivity contribution in [1.29, 1.82) is 0 Å². The summed E-state index contributed by atoms with van der Waals surface area (Å²) in [7, 11) is 0. The second kappa shape index (κ2) is 6.28. The molecule has 0 atom stereocenters. The van der Waals surface area contributed by atoms with Crippen LogP contribution in [0, 0.1) is 0 Å². The molecule has 0 aliphatic carbocycles. The Bertz CT molecular complexity index is 651. The van der Waals surface area contributed by atoms with E-state index < -0.39 is 24.3 Å². The quantitative estimate of drug-likeness (QED) is 0.605. The number of amides is 2. The number of carboxylic acid groups (broad SMARTS) is 1. The number of aliphatic carboxylic acids is 1. The molecular formula is C12H11N5O4. The third-order valence-corrected chi connectivity index (χ3v) is 2.45. The predicted octanol–water partition coefficient (Wildman–Crippen LogP) is -0.129. The molecule has 0 unspecified atom stereocenters. The highest BCUT2D eigenvalue weighted by Gasteiger charge is 2.10. The Balaban J connectivity index is 1.97. The van der Waals surface area contributed by atoms with Crippen molar-refractivity contribution in [3.8, 4) is 0 Å². The highest BCUT2D eigenvalue weighted by molar-refractivity contribution is 6.03. The summed E-state index contributed by atoms with van der Waals surface area (Å²) in [6.07, 6.45) is 1.28. The normalized spacial score (nSPS) is 9.90. The Morgan fingerprint density at radius 3 is 2.43 bits per heavy atom. The maximum absolute atomic E-state index is 11.7. The van der Waals surface area contributed by atoms with Crippen molar-refractivity contribution < 1.29 is 19.5 Å². The van der Waals surface area contributed by atoms with Crippen molar-refractivity contribution >= 4 is 23.5 Å². The molecule has 9 nitrogen and oxygen atoms in total. The SMILES string of the molecule is O=C(O)CNC(=O)c1ccc(NC(=O)c2cn[nH]n2)cc1. The molecule has 0 aliphatic rings. The van der Waals surface area contributed by atoms with E-state index in [1.165, 1.54) is 30.5 Å². The predicted molar refractivity (Wildman–Crippen MR) is 70.7 cm³/mol. The number of carboxylic acids is 1. The summed E-state index contributed by atoms with van der Waals surface area (Å²) in [4.78, 5) is 33.6. The third kappa shape index (κ3) is 3.86. The number of nitrogens with zero attached hydrogens (tertiary/aromatic N) is 2. The number of hydrogen-bond donors (Lipinski definition) is 4. The second-order valence-corrected chi connectivity index (χ2v) is 3.96. The smallest absolute Gasteiger partial charge is 0.322 e. The number of nitrogens with one attached hydrogen (secondary N) is 3. The number of rotatable bonds is 5. The van der Waals surface area contributed by atoms with Crippen LogP contribution in [0.5, 0.6) is 0 Å². The molecular weight excluding hydrogens is 278 g/mol. The zero-order valence-electron chi connectivity index (χ0n) is 10.7. The highest BCUT2D eigenvalue weighted by atomic mass is 16.4. The van der Waals surface area contributed by atoms with Crippen molar-refractivity contribution in [2.75, 3.05) is 11.9 Å². The molecule has 0 spiro atoms. The first-order valence-corrected chi connectivity index (χ1v) is 5.83. The maximum atomic E-state index is 11.7. The molecule has 21 heavy (non-hydrogen) atoms. The first-order chi connectivity index (χ1) is 10.1. The van der Waals surface area contributed by atoms with Crippen molar-refractivity contribution in [1.82, 2.24) is 20.7 Å². The van der Waals surface area contributed by atoms with Crippen LogP contribution < -0.4 is 10.6 Å². The molecule has 2 aromatic rings. The summed E-state index contributed by atoms with van der Waals surface area (Å²) in [6.45, 7) is -0.455. The van der Waals surface area contributed by atoms with Crippen LogP contribution in [0.2, 0.25) is 0 Å². The molecule has 1 heterocycles. The van der Waals surface area contributed by atoms with Crippen LogP contribution in [0.15, 0.2) is 30.5 Å². The number of carbonyl (C=O) groups is 3. The van der Waals surface area contributed by atoms with Crippen molar-refractivity contribution in [3.05, 3.63) is 41.7 Å². The van der Waals surface area contributed by atoms with Crippen LogP contribution >= 0.6 is 0 Å². The Kier molecular flexibility index (Phi) is 4.24. The van der Waals surface area contributed by atoms with Gasteiger partial charge in [-0.2, -0.15) is 15.4 Å². The fraction of sp³-hybridized carbons (Fsp3) is 0.0833. The molecule has 0 bridgehead atoms. The summed E-state index contributed by atoms with van der Waals surface area (Å²) in [5.74, 6) is -2.07. The number of anilines is 1. The monoisotopic (exact) mass is 289 g/mol. The molecule has 108 valence electrons. The van der Waals surface area contributed by atoms with Gasteiger partial charge in [-0.15, -0.1) is 0 Å². The number of aromatic amines is 1. The van der Waals surface area contributed by atoms with Gasteiger partial charge in [0.1, 0.15) is 6.54 Å². The van der Waals surface area contributed by atoms with E-state index in [0.717, 1.165) is 0 Å². The van der Waals surface area contributed by atoms with Gasteiger partial charge < -0.3 is 15.7 Å². The van der Waals surface area contributed by atoms with E-state index in [2.05, 4.69) is 26.0 Å². The summed E-state index contributed by atoms with van der Waals surface area (Å²) >= 11 is 0. The Morgan fingerprint density at radius 2 is 1.86 bits per heavy atom. The van der Waals surface area contributed by atoms with Gasteiger partial charge >= 0.3 is 5.97 Å². The molecule has 0 aliphatic heterocycles. The fourth-order valence-corrected chi connectivity index (χ4v) is 1.47. The molecule has 2 amide bonds. The lowest BCUT2D eigenvalue weighted by Gasteiger charge is -2.05. The Morgan fingerprint density at radius 1 is 1.14 bits per heavy atom. The van der Waals surface area contributed by atoms with E-state index in [4.69, 9.17) is 5.11 Å². The Hall–Kier alpha value is -3.23. The van der Waals surface area contributed by atoms with Gasteiger partial charge in [0.15, 0.2) is 5.69 Å². The van der Waals surface area contributed by atoms with Gasteiger partial charge in [-0.05, 0) is 24.3 Å². The van der Waals surface area contributed by atoms with Gasteiger partial charge in [0.05, 0.1) is 6.20 Å². The molecule has 4 N–H and O–H groups in total. The van der Waals surface area contributed by atoms with Gasteiger partial charge in [0, 0.05) is 11.3 Å². The molecule has 0 saturated carbocycles. The largest absolute Gasteiger partial charge is 0.480 e. The van der Waals surface area contributed by atoms with E-state index >= 15 is 0 Å². The lowest BCUT2D eigenvalue weighted by Crippen LogP contribution is -2.29. The first-order valence-electron chi connectivity index (χ1n) is 5.83. The zero-order valence-corrected chi connectivity index (χ0v) is 10.7. The average molecular weight is 289 g/mol. The number of aromatic nitrogens is 3. The number of hydrogen-bond acceptors (Lipinski definition) is 5. The minimum Gasteiger partial charge on any atom is -0.480 e. The van der Waals surface area contributed by atoms with Crippen LogP contribution in [0.25, 0.3) is 0 Å². The topological polar surface area (TPSA) is 137 Å². The van der Waals surface area contributed by atoms with Crippen LogP contribution in [0.4, 0.5) is 5.69 Å². The second-order valence-electron chi connectivity index (χ2n) is 3.96. The first kappa shape index (κ1) is 14.2. The molecule has 0 radical (unpaired) electrons. The third-order valence-electron chi connectivity index (χ3n) is 2.45. The van der Waals surface area contributed by atoms with E-state index in [9.17, 15) is 14.4 Å². The van der Waals surface area contributed by atoms with Crippen molar-refractivity contribution in [3.63, 3.8) is 0 Å². The van der Waals surface area contributed by atoms with E-state index in [0.29, 0.717) is 5.69 Å². The van der Waals surface area contributed by atoms with Gasteiger partial charge in [0.2, 0.25) is 0 Å². The summed E-state index contributed by atoms with van der Waals surface area (Å²) in [6, 6.07) is 5.98. The molecule has 0 fully saturated rings. The lowest BCUT2D eigenvalue weighted by molar-refractivity contribution is -0.135. The van der Waals surface area contributed by atoms with Crippen LogP contribution in [-0.2, 0) is 4.79 Å². The van der Waals surface area contributed by atoms with Gasteiger partial charge in [-0.25, -0.2) is 0 Å². The molecule has 1 aromatic heterocycles. The summed E-state index contributed by atoms with van der Waals surface area (Å²) in [5.41, 5.74) is 0.895. The van der Waals surface area contributed by atoms with Crippen LogP contribution in [0.1, 0.15) is 20.8 Å². The van der Waals surface area contributed by atoms with E-state index in [1.54, 1.807) is 0 Å². The Labute approximate surface area is 118 Å². The summed E-state index contributed by atoms with van der Waals surface area (Å²) in [5, 5.41) is 22.7. The van der Waals surface area contributed by atoms with Gasteiger partial charge in [0.25, 0.3) is 11.8 Å².